The molecule has 1 aliphatic heterocycles. The average molecular weight is 437 g/mol. The van der Waals surface area contributed by atoms with Gasteiger partial charge in [0, 0.05) is 16.5 Å². The summed E-state index contributed by atoms with van der Waals surface area (Å²) in [5.74, 6) is 2.50. The molecule has 1 saturated heterocycles. The Labute approximate surface area is 185 Å². The van der Waals surface area contributed by atoms with Crippen LogP contribution in [0.15, 0.2) is 51.9 Å². The zero-order valence-electron chi connectivity index (χ0n) is 17.3. The second-order valence-corrected chi connectivity index (χ2v) is 9.24. The fourth-order valence-electron chi connectivity index (χ4n) is 4.69. The summed E-state index contributed by atoms with van der Waals surface area (Å²) in [6.07, 6.45) is 3.33. The molecular weight excluding hydrogens is 412 g/mol. The van der Waals surface area contributed by atoms with Gasteiger partial charge in [-0.2, -0.15) is 0 Å². The van der Waals surface area contributed by atoms with Crippen LogP contribution in [-0.2, 0) is 21.3 Å². The molecule has 1 unspecified atom stereocenters. The van der Waals surface area contributed by atoms with Crippen molar-refractivity contribution in [2.75, 3.05) is 31.7 Å². The van der Waals surface area contributed by atoms with Crippen molar-refractivity contribution in [1.29, 1.82) is 0 Å². The van der Waals surface area contributed by atoms with Gasteiger partial charge in [-0.3, -0.25) is 0 Å². The van der Waals surface area contributed by atoms with Crippen molar-refractivity contribution >= 4 is 17.8 Å². The highest BCUT2D eigenvalue weighted by molar-refractivity contribution is 8.00. The van der Waals surface area contributed by atoms with Gasteiger partial charge in [0.1, 0.15) is 11.9 Å². The topological polar surface area (TPSA) is 65.8 Å². The van der Waals surface area contributed by atoms with Gasteiger partial charge < -0.3 is 23.5 Å². The van der Waals surface area contributed by atoms with Crippen molar-refractivity contribution < 1.29 is 18.7 Å². The molecule has 31 heavy (non-hydrogen) atoms. The van der Waals surface area contributed by atoms with Crippen LogP contribution in [0.3, 0.4) is 0 Å². The van der Waals surface area contributed by atoms with Crippen LogP contribution >= 0.6 is 11.9 Å². The molecule has 3 aromatic rings. The molecule has 6 rings (SSSR count). The molecular formula is C24H24N2O4S. The van der Waals surface area contributed by atoms with Gasteiger partial charge in [0.15, 0.2) is 11.6 Å². The van der Waals surface area contributed by atoms with E-state index in [1.165, 1.54) is 30.4 Å². The van der Waals surface area contributed by atoms with Crippen molar-refractivity contribution in [2.45, 2.75) is 35.7 Å². The number of anilines is 1. The Bertz CT molecular complexity index is 1120. The first-order valence-electron chi connectivity index (χ1n) is 10.7. The molecule has 1 aromatic heterocycles. The Morgan fingerprint density at radius 1 is 1.16 bits per heavy atom. The van der Waals surface area contributed by atoms with Crippen LogP contribution in [0.4, 0.5) is 5.82 Å². The first-order valence-corrected chi connectivity index (χ1v) is 11.5. The van der Waals surface area contributed by atoms with Gasteiger partial charge in [-0.25, -0.2) is 0 Å². The van der Waals surface area contributed by atoms with Crippen LogP contribution in [0.2, 0.25) is 0 Å². The summed E-state index contributed by atoms with van der Waals surface area (Å²) >= 11 is 1.50. The number of benzene rings is 2. The molecule has 1 atom stereocenters. The summed E-state index contributed by atoms with van der Waals surface area (Å²) in [4.78, 5) is 1.01. The maximum Gasteiger partial charge on any atom is 0.183 e. The minimum atomic E-state index is -0.0267. The van der Waals surface area contributed by atoms with Crippen molar-refractivity contribution in [3.63, 3.8) is 0 Å². The molecule has 7 heteroatoms. The molecule has 0 radical (unpaired) electrons. The Hall–Kier alpha value is -2.48. The SMILES string of the molecule is COc1ccccc1SNc1noc2c1CC1(CC1)c1ccc(C3COCCO3)cc1-2. The van der Waals surface area contributed by atoms with E-state index >= 15 is 0 Å². The third-order valence-corrected chi connectivity index (χ3v) is 7.38. The summed E-state index contributed by atoms with van der Waals surface area (Å²) in [5.41, 5.74) is 5.03. The lowest BCUT2D eigenvalue weighted by atomic mass is 9.78. The molecule has 160 valence electrons. The van der Waals surface area contributed by atoms with Gasteiger partial charge in [-0.05, 0) is 60.5 Å². The fourth-order valence-corrected chi connectivity index (χ4v) is 5.46. The first-order chi connectivity index (χ1) is 15.3. The number of fused-ring (bicyclic) bond motifs is 4. The molecule has 2 aromatic carbocycles. The van der Waals surface area contributed by atoms with Gasteiger partial charge in [-0.15, -0.1) is 0 Å². The highest BCUT2D eigenvalue weighted by Gasteiger charge is 2.50. The smallest absolute Gasteiger partial charge is 0.183 e. The molecule has 1 saturated carbocycles. The van der Waals surface area contributed by atoms with Gasteiger partial charge in [-0.1, -0.05) is 29.4 Å². The number of nitrogens with one attached hydrogen (secondary N) is 1. The van der Waals surface area contributed by atoms with E-state index in [9.17, 15) is 0 Å². The second kappa shape index (κ2) is 7.58. The summed E-state index contributed by atoms with van der Waals surface area (Å²) in [6.45, 7) is 1.89. The standard InChI is InChI=1S/C24H24N2O4S/c1-27-19-4-2-3-5-21(19)31-26-23-17-13-24(8-9-24)18-7-6-15(20-14-28-10-11-29-20)12-16(18)22(17)30-25-23/h2-7,12,20H,8-11,13-14H2,1H3,(H,25,26). The lowest BCUT2D eigenvalue weighted by Gasteiger charge is -2.28. The van der Waals surface area contributed by atoms with Crippen molar-refractivity contribution in [3.8, 4) is 17.1 Å². The molecule has 3 aliphatic rings. The van der Waals surface area contributed by atoms with E-state index in [-0.39, 0.29) is 11.5 Å². The van der Waals surface area contributed by atoms with E-state index in [1.54, 1.807) is 7.11 Å². The second-order valence-electron chi connectivity index (χ2n) is 8.39. The van der Waals surface area contributed by atoms with Crippen LogP contribution < -0.4 is 9.46 Å². The predicted octanol–water partition coefficient (Wildman–Crippen LogP) is 5.15. The molecule has 1 spiro atoms. The van der Waals surface area contributed by atoms with E-state index in [4.69, 9.17) is 18.7 Å². The Balaban J connectivity index is 1.33. The van der Waals surface area contributed by atoms with Gasteiger partial charge in [0.05, 0.1) is 31.8 Å². The van der Waals surface area contributed by atoms with Crippen LogP contribution in [0.25, 0.3) is 11.3 Å². The van der Waals surface area contributed by atoms with E-state index in [0.29, 0.717) is 19.8 Å². The van der Waals surface area contributed by atoms with Crippen molar-refractivity contribution in [2.24, 2.45) is 0 Å². The summed E-state index contributed by atoms with van der Waals surface area (Å²) < 4.78 is 26.3. The Morgan fingerprint density at radius 2 is 2.06 bits per heavy atom. The maximum absolute atomic E-state index is 5.93. The zero-order chi connectivity index (χ0) is 20.8. The van der Waals surface area contributed by atoms with E-state index < -0.39 is 0 Å². The van der Waals surface area contributed by atoms with Crippen LogP contribution in [0.1, 0.15) is 35.6 Å². The molecule has 0 amide bonds. The van der Waals surface area contributed by atoms with Crippen LogP contribution in [0.5, 0.6) is 5.75 Å². The predicted molar refractivity (Wildman–Crippen MR) is 119 cm³/mol. The van der Waals surface area contributed by atoms with Crippen LogP contribution in [-0.4, -0.2) is 32.1 Å². The zero-order valence-corrected chi connectivity index (χ0v) is 18.2. The summed E-state index contributed by atoms with van der Waals surface area (Å²) in [5, 5.41) is 4.40. The quantitative estimate of drug-likeness (QED) is 0.555. The Kier molecular flexibility index (Phi) is 4.70. The highest BCUT2D eigenvalue weighted by atomic mass is 32.2. The molecule has 1 N–H and O–H groups in total. The fraction of sp³-hybridized carbons (Fsp3) is 0.375. The molecule has 2 aliphatic carbocycles. The third kappa shape index (κ3) is 3.32. The number of para-hydroxylation sites is 1. The highest BCUT2D eigenvalue weighted by Crippen LogP contribution is 2.58. The largest absolute Gasteiger partial charge is 0.496 e. The van der Waals surface area contributed by atoms with Gasteiger partial charge >= 0.3 is 0 Å². The maximum atomic E-state index is 5.93. The number of methoxy groups -OCH3 is 1. The molecule has 6 nitrogen and oxygen atoms in total. The monoisotopic (exact) mass is 436 g/mol. The first kappa shape index (κ1) is 19.2. The minimum Gasteiger partial charge on any atom is -0.496 e. The van der Waals surface area contributed by atoms with Crippen LogP contribution in [0, 0.1) is 0 Å². The van der Waals surface area contributed by atoms with E-state index in [0.717, 1.165) is 45.3 Å². The van der Waals surface area contributed by atoms with E-state index in [2.05, 4.69) is 28.1 Å². The van der Waals surface area contributed by atoms with Gasteiger partial charge in [0.25, 0.3) is 0 Å². The normalized spacial score (nSPS) is 20.7. The number of aromatic nitrogens is 1. The summed E-state index contributed by atoms with van der Waals surface area (Å²) in [7, 11) is 1.68. The molecule has 2 fully saturated rings. The third-order valence-electron chi connectivity index (χ3n) is 6.53. The van der Waals surface area contributed by atoms with Crippen molar-refractivity contribution in [3.05, 3.63) is 59.2 Å². The number of hydrogen-bond acceptors (Lipinski definition) is 7. The molecule has 2 heterocycles. The lowest BCUT2D eigenvalue weighted by Crippen LogP contribution is -2.23. The Morgan fingerprint density at radius 3 is 2.87 bits per heavy atom. The lowest BCUT2D eigenvalue weighted by molar-refractivity contribution is -0.0901. The minimum absolute atomic E-state index is 0.0267. The number of ether oxygens (including phenoxy) is 3. The average Bonchev–Trinajstić information content (AvgIpc) is 3.48. The molecule has 0 bridgehead atoms. The van der Waals surface area contributed by atoms with Gasteiger partial charge in [0.2, 0.25) is 0 Å². The number of rotatable bonds is 5. The number of hydrogen-bond donors (Lipinski definition) is 1. The van der Waals surface area contributed by atoms with Crippen molar-refractivity contribution in [1.82, 2.24) is 5.16 Å². The number of nitrogens with zero attached hydrogens (tertiary/aromatic N) is 1. The summed E-state index contributed by atoms with van der Waals surface area (Å²) in [6, 6.07) is 14.6. The van der Waals surface area contributed by atoms with E-state index in [1.807, 2.05) is 24.3 Å².